The van der Waals surface area contributed by atoms with Crippen LogP contribution in [-0.2, 0) is 12.8 Å². The molecule has 4 heteroatoms. The van der Waals surface area contributed by atoms with Crippen LogP contribution >= 0.6 is 0 Å². The molecule has 0 radical (unpaired) electrons. The summed E-state index contributed by atoms with van der Waals surface area (Å²) in [5.74, 6) is 0.00773. The van der Waals surface area contributed by atoms with Crippen LogP contribution in [0.2, 0.25) is 0 Å². The lowest BCUT2D eigenvalue weighted by Crippen LogP contribution is -2.22. The van der Waals surface area contributed by atoms with Gasteiger partial charge in [-0.15, -0.1) is 0 Å². The summed E-state index contributed by atoms with van der Waals surface area (Å²) in [7, 11) is 0. The third-order valence-corrected chi connectivity index (χ3v) is 4.10. The number of pyridine rings is 1. The van der Waals surface area contributed by atoms with E-state index in [1.54, 1.807) is 6.20 Å². The van der Waals surface area contributed by atoms with E-state index >= 15 is 0 Å². The highest BCUT2D eigenvalue weighted by molar-refractivity contribution is 6.02. The van der Waals surface area contributed by atoms with Gasteiger partial charge in [-0.1, -0.05) is 13.0 Å². The standard InChI is InChI=1S/C17H19N3O/c1-3-15-14(10-11(2)19-20-15)17(21)13-8-4-6-12-7-5-9-18-16(12)13/h5,7,9-10,13H,3-4,6,8H2,1-2H3. The first-order chi connectivity index (χ1) is 10.2. The molecule has 108 valence electrons. The van der Waals surface area contributed by atoms with Gasteiger partial charge in [-0.3, -0.25) is 9.78 Å². The van der Waals surface area contributed by atoms with Crippen molar-refractivity contribution in [1.82, 2.24) is 15.2 Å². The predicted molar refractivity (Wildman–Crippen MR) is 80.4 cm³/mol. The van der Waals surface area contributed by atoms with Crippen LogP contribution in [0.1, 0.15) is 58.7 Å². The fourth-order valence-corrected chi connectivity index (χ4v) is 3.04. The van der Waals surface area contributed by atoms with Crippen molar-refractivity contribution >= 4 is 5.78 Å². The summed E-state index contributed by atoms with van der Waals surface area (Å²) >= 11 is 0. The van der Waals surface area contributed by atoms with Crippen molar-refractivity contribution in [3.63, 3.8) is 0 Å². The third kappa shape index (κ3) is 2.58. The van der Waals surface area contributed by atoms with E-state index < -0.39 is 0 Å². The SMILES string of the molecule is CCc1nnc(C)cc1C(=O)C1CCCc2cccnc21. The number of carbonyl (C=O) groups excluding carboxylic acids is 1. The zero-order valence-corrected chi connectivity index (χ0v) is 12.5. The second-order valence-corrected chi connectivity index (χ2v) is 5.56. The van der Waals surface area contributed by atoms with E-state index in [0.717, 1.165) is 42.8 Å². The minimum absolute atomic E-state index is 0.135. The lowest BCUT2D eigenvalue weighted by molar-refractivity contribution is 0.0947. The quantitative estimate of drug-likeness (QED) is 0.811. The van der Waals surface area contributed by atoms with Crippen LogP contribution in [0, 0.1) is 6.92 Å². The zero-order valence-electron chi connectivity index (χ0n) is 12.5. The maximum atomic E-state index is 13.0. The van der Waals surface area contributed by atoms with E-state index in [-0.39, 0.29) is 11.7 Å². The zero-order chi connectivity index (χ0) is 14.8. The normalized spacial score (nSPS) is 17.3. The number of ketones is 1. The first kappa shape index (κ1) is 13.9. The lowest BCUT2D eigenvalue weighted by atomic mass is 9.81. The van der Waals surface area contributed by atoms with Gasteiger partial charge in [-0.2, -0.15) is 10.2 Å². The molecule has 0 amide bonds. The summed E-state index contributed by atoms with van der Waals surface area (Å²) in [6, 6.07) is 5.89. The first-order valence-electron chi connectivity index (χ1n) is 7.52. The van der Waals surface area contributed by atoms with Gasteiger partial charge in [0, 0.05) is 11.8 Å². The summed E-state index contributed by atoms with van der Waals surface area (Å²) in [5.41, 5.74) is 4.44. The number of Topliss-reactive ketones (excluding diaryl/α,β-unsaturated/α-hetero) is 1. The molecule has 0 fully saturated rings. The smallest absolute Gasteiger partial charge is 0.173 e. The fourth-order valence-electron chi connectivity index (χ4n) is 3.04. The largest absolute Gasteiger partial charge is 0.293 e. The molecule has 2 aromatic heterocycles. The van der Waals surface area contributed by atoms with Crippen LogP contribution in [0.5, 0.6) is 0 Å². The van der Waals surface area contributed by atoms with E-state index in [0.29, 0.717) is 5.56 Å². The van der Waals surface area contributed by atoms with Crippen LogP contribution in [-0.4, -0.2) is 21.0 Å². The molecule has 4 nitrogen and oxygen atoms in total. The van der Waals surface area contributed by atoms with E-state index in [1.165, 1.54) is 5.56 Å². The highest BCUT2D eigenvalue weighted by atomic mass is 16.1. The molecule has 2 heterocycles. The molecule has 1 unspecified atom stereocenters. The van der Waals surface area contributed by atoms with E-state index in [9.17, 15) is 4.79 Å². The van der Waals surface area contributed by atoms with E-state index in [1.807, 2.05) is 26.0 Å². The van der Waals surface area contributed by atoms with Gasteiger partial charge in [-0.05, 0) is 50.3 Å². The Hall–Kier alpha value is -2.10. The number of aryl methyl sites for hydroxylation is 3. The molecule has 0 aromatic carbocycles. The minimum Gasteiger partial charge on any atom is -0.293 e. The predicted octanol–water partition coefficient (Wildman–Crippen LogP) is 3.05. The molecule has 1 atom stereocenters. The average Bonchev–Trinajstić information content (AvgIpc) is 2.53. The molecule has 0 bridgehead atoms. The Morgan fingerprint density at radius 3 is 3.05 bits per heavy atom. The number of fused-ring (bicyclic) bond motifs is 1. The number of nitrogens with zero attached hydrogens (tertiary/aromatic N) is 3. The van der Waals surface area contributed by atoms with Gasteiger partial charge in [-0.25, -0.2) is 0 Å². The van der Waals surface area contributed by atoms with Gasteiger partial charge in [0.15, 0.2) is 5.78 Å². The van der Waals surface area contributed by atoms with Crippen molar-refractivity contribution in [2.75, 3.05) is 0 Å². The summed E-state index contributed by atoms with van der Waals surface area (Å²) in [5, 5.41) is 8.24. The van der Waals surface area contributed by atoms with Crippen molar-refractivity contribution in [2.24, 2.45) is 0 Å². The summed E-state index contributed by atoms with van der Waals surface area (Å²) in [4.78, 5) is 17.5. The maximum Gasteiger partial charge on any atom is 0.173 e. The highest BCUT2D eigenvalue weighted by Gasteiger charge is 2.30. The number of aromatic nitrogens is 3. The molecule has 0 saturated heterocycles. The Bertz CT molecular complexity index is 681. The van der Waals surface area contributed by atoms with Gasteiger partial charge in [0.25, 0.3) is 0 Å². The van der Waals surface area contributed by atoms with Crippen LogP contribution in [0.3, 0.4) is 0 Å². The van der Waals surface area contributed by atoms with Gasteiger partial charge < -0.3 is 0 Å². The molecule has 0 N–H and O–H groups in total. The van der Waals surface area contributed by atoms with Crippen LogP contribution in [0.25, 0.3) is 0 Å². The van der Waals surface area contributed by atoms with Gasteiger partial charge in [0.2, 0.25) is 0 Å². The third-order valence-electron chi connectivity index (χ3n) is 4.10. The Morgan fingerprint density at radius 1 is 1.38 bits per heavy atom. The van der Waals surface area contributed by atoms with E-state index in [4.69, 9.17) is 0 Å². The van der Waals surface area contributed by atoms with Crippen LogP contribution in [0.15, 0.2) is 24.4 Å². The molecule has 3 rings (SSSR count). The number of rotatable bonds is 3. The molecule has 0 spiro atoms. The van der Waals surface area contributed by atoms with Gasteiger partial charge in [0.1, 0.15) is 0 Å². The topological polar surface area (TPSA) is 55.7 Å². The Labute approximate surface area is 124 Å². The molecule has 21 heavy (non-hydrogen) atoms. The highest BCUT2D eigenvalue weighted by Crippen LogP contribution is 2.33. The first-order valence-corrected chi connectivity index (χ1v) is 7.52. The molecule has 0 aliphatic heterocycles. The fraction of sp³-hybridized carbons (Fsp3) is 0.412. The van der Waals surface area contributed by atoms with Crippen molar-refractivity contribution in [1.29, 1.82) is 0 Å². The number of hydrogen-bond acceptors (Lipinski definition) is 4. The Balaban J connectivity index is 2.02. The van der Waals surface area contributed by atoms with Crippen molar-refractivity contribution < 1.29 is 4.79 Å². The lowest BCUT2D eigenvalue weighted by Gasteiger charge is -2.23. The summed E-state index contributed by atoms with van der Waals surface area (Å²) < 4.78 is 0. The molecule has 0 saturated carbocycles. The van der Waals surface area contributed by atoms with Crippen molar-refractivity contribution in [3.8, 4) is 0 Å². The minimum atomic E-state index is -0.135. The summed E-state index contributed by atoms with van der Waals surface area (Å²) in [6.45, 7) is 3.87. The van der Waals surface area contributed by atoms with Crippen molar-refractivity contribution in [3.05, 3.63) is 52.6 Å². The number of carbonyl (C=O) groups is 1. The molecular formula is C17H19N3O. The van der Waals surface area contributed by atoms with Crippen LogP contribution in [0.4, 0.5) is 0 Å². The Kier molecular flexibility index (Phi) is 3.78. The second-order valence-electron chi connectivity index (χ2n) is 5.56. The average molecular weight is 281 g/mol. The number of hydrogen-bond donors (Lipinski definition) is 0. The monoisotopic (exact) mass is 281 g/mol. The molecule has 1 aliphatic carbocycles. The Morgan fingerprint density at radius 2 is 2.24 bits per heavy atom. The molecule has 1 aliphatic rings. The molecular weight excluding hydrogens is 262 g/mol. The molecule has 2 aromatic rings. The van der Waals surface area contributed by atoms with Gasteiger partial charge in [0.05, 0.1) is 23.0 Å². The van der Waals surface area contributed by atoms with Crippen molar-refractivity contribution in [2.45, 2.75) is 45.4 Å². The second kappa shape index (κ2) is 5.72. The summed E-state index contributed by atoms with van der Waals surface area (Å²) in [6.07, 6.45) is 5.42. The van der Waals surface area contributed by atoms with Gasteiger partial charge >= 0.3 is 0 Å². The maximum absolute atomic E-state index is 13.0. The van der Waals surface area contributed by atoms with Crippen LogP contribution < -0.4 is 0 Å². The van der Waals surface area contributed by atoms with E-state index in [2.05, 4.69) is 21.2 Å².